The summed E-state index contributed by atoms with van der Waals surface area (Å²) < 4.78 is 1.09. The molecule has 2 saturated carbocycles. The van der Waals surface area contributed by atoms with Crippen LogP contribution in [-0.4, -0.2) is 17.0 Å². The average Bonchev–Trinajstić information content (AvgIpc) is 3.02. The van der Waals surface area contributed by atoms with Crippen LogP contribution in [0.3, 0.4) is 0 Å². The number of nitrogens with one attached hydrogen (secondary N) is 1. The monoisotopic (exact) mass is 351 g/mol. The summed E-state index contributed by atoms with van der Waals surface area (Å²) in [5.74, 6) is 4.10. The van der Waals surface area contributed by atoms with E-state index >= 15 is 0 Å². The smallest absolute Gasteiger partial charge is 0.144 e. The Hall–Kier alpha value is -0.640. The van der Waals surface area contributed by atoms with E-state index in [4.69, 9.17) is 9.97 Å². The van der Waals surface area contributed by atoms with Crippen molar-refractivity contribution < 1.29 is 0 Å². The fourth-order valence-corrected chi connectivity index (χ4v) is 4.52. The summed E-state index contributed by atoms with van der Waals surface area (Å²) in [6.07, 6.45) is 10.4. The van der Waals surface area contributed by atoms with Gasteiger partial charge in [0, 0.05) is 18.9 Å². The third-order valence-electron chi connectivity index (χ3n) is 5.25. The molecule has 0 radical (unpaired) electrons. The van der Waals surface area contributed by atoms with E-state index in [1.165, 1.54) is 57.1 Å². The van der Waals surface area contributed by atoms with Gasteiger partial charge in [-0.1, -0.05) is 32.6 Å². The zero-order chi connectivity index (χ0) is 14.8. The second-order valence-electron chi connectivity index (χ2n) is 6.82. The molecule has 0 atom stereocenters. The van der Waals surface area contributed by atoms with E-state index in [1.54, 1.807) is 0 Å². The molecule has 0 aromatic carbocycles. The Morgan fingerprint density at radius 3 is 2.24 bits per heavy atom. The van der Waals surface area contributed by atoms with E-state index < -0.39 is 0 Å². The number of rotatable bonds is 3. The van der Waals surface area contributed by atoms with Crippen molar-refractivity contribution in [2.75, 3.05) is 12.4 Å². The molecule has 0 aliphatic heterocycles. The molecular formula is C17H26BrN3. The summed E-state index contributed by atoms with van der Waals surface area (Å²) in [4.78, 5) is 9.82. The molecule has 2 fully saturated rings. The SMILES string of the molecule is CNc1nc(C2CCC(C)CC2)nc(C2CCCC2)c1Br. The highest BCUT2D eigenvalue weighted by atomic mass is 79.9. The molecule has 21 heavy (non-hydrogen) atoms. The first-order chi connectivity index (χ1) is 10.2. The van der Waals surface area contributed by atoms with Crippen LogP contribution < -0.4 is 5.32 Å². The predicted octanol–water partition coefficient (Wildman–Crippen LogP) is 5.23. The van der Waals surface area contributed by atoms with Crippen molar-refractivity contribution in [2.24, 2.45) is 5.92 Å². The second kappa shape index (κ2) is 6.64. The van der Waals surface area contributed by atoms with Gasteiger partial charge in [-0.05, 0) is 47.5 Å². The average molecular weight is 352 g/mol. The molecule has 0 bridgehead atoms. The topological polar surface area (TPSA) is 37.8 Å². The van der Waals surface area contributed by atoms with Gasteiger partial charge in [0.1, 0.15) is 11.6 Å². The lowest BCUT2D eigenvalue weighted by Crippen LogP contribution is -2.16. The second-order valence-corrected chi connectivity index (χ2v) is 7.61. The van der Waals surface area contributed by atoms with Gasteiger partial charge in [-0.15, -0.1) is 0 Å². The van der Waals surface area contributed by atoms with Gasteiger partial charge in [0.2, 0.25) is 0 Å². The number of hydrogen-bond donors (Lipinski definition) is 1. The van der Waals surface area contributed by atoms with E-state index in [2.05, 4.69) is 28.2 Å². The highest BCUT2D eigenvalue weighted by molar-refractivity contribution is 9.10. The van der Waals surface area contributed by atoms with Crippen LogP contribution in [0.4, 0.5) is 5.82 Å². The molecule has 0 spiro atoms. The Labute approximate surface area is 136 Å². The van der Waals surface area contributed by atoms with Crippen LogP contribution >= 0.6 is 15.9 Å². The molecule has 3 nitrogen and oxygen atoms in total. The maximum Gasteiger partial charge on any atom is 0.144 e. The van der Waals surface area contributed by atoms with Crippen LogP contribution in [0, 0.1) is 5.92 Å². The van der Waals surface area contributed by atoms with E-state index in [9.17, 15) is 0 Å². The zero-order valence-corrected chi connectivity index (χ0v) is 14.7. The molecule has 3 rings (SSSR count). The van der Waals surface area contributed by atoms with Gasteiger partial charge in [-0.2, -0.15) is 0 Å². The van der Waals surface area contributed by atoms with Gasteiger partial charge in [0.15, 0.2) is 0 Å². The highest BCUT2D eigenvalue weighted by Crippen LogP contribution is 2.41. The number of nitrogens with zero attached hydrogens (tertiary/aromatic N) is 2. The summed E-state index contributed by atoms with van der Waals surface area (Å²) in [5, 5.41) is 3.25. The fourth-order valence-electron chi connectivity index (χ4n) is 3.82. The van der Waals surface area contributed by atoms with Crippen LogP contribution in [0.5, 0.6) is 0 Å². The van der Waals surface area contributed by atoms with E-state index in [0.717, 1.165) is 22.0 Å². The lowest BCUT2D eigenvalue weighted by atomic mass is 9.82. The van der Waals surface area contributed by atoms with E-state index in [0.29, 0.717) is 11.8 Å². The van der Waals surface area contributed by atoms with Gasteiger partial charge >= 0.3 is 0 Å². The van der Waals surface area contributed by atoms with Gasteiger partial charge in [-0.25, -0.2) is 9.97 Å². The van der Waals surface area contributed by atoms with Crippen molar-refractivity contribution in [1.29, 1.82) is 0 Å². The first-order valence-corrected chi connectivity index (χ1v) is 9.23. The maximum absolute atomic E-state index is 5.01. The fraction of sp³-hybridized carbons (Fsp3) is 0.765. The van der Waals surface area contributed by atoms with Crippen molar-refractivity contribution >= 4 is 21.7 Å². The van der Waals surface area contributed by atoms with Crippen LogP contribution in [0.25, 0.3) is 0 Å². The third kappa shape index (κ3) is 3.25. The Kier molecular flexibility index (Phi) is 4.82. The lowest BCUT2D eigenvalue weighted by Gasteiger charge is -2.26. The number of anilines is 1. The Morgan fingerprint density at radius 2 is 1.62 bits per heavy atom. The molecule has 1 aromatic rings. The molecule has 116 valence electrons. The number of halogens is 1. The van der Waals surface area contributed by atoms with Gasteiger partial charge in [0.05, 0.1) is 10.2 Å². The minimum Gasteiger partial charge on any atom is -0.372 e. The molecule has 0 saturated heterocycles. The van der Waals surface area contributed by atoms with Gasteiger partial charge in [-0.3, -0.25) is 0 Å². The van der Waals surface area contributed by atoms with Gasteiger partial charge in [0.25, 0.3) is 0 Å². The van der Waals surface area contributed by atoms with Crippen LogP contribution in [-0.2, 0) is 0 Å². The molecule has 2 aliphatic rings. The minimum atomic E-state index is 0.557. The largest absolute Gasteiger partial charge is 0.372 e. The highest BCUT2D eigenvalue weighted by Gasteiger charge is 2.27. The summed E-state index contributed by atoms with van der Waals surface area (Å²) in [6, 6.07) is 0. The maximum atomic E-state index is 5.01. The molecule has 2 aliphatic carbocycles. The van der Waals surface area contributed by atoms with Crippen molar-refractivity contribution in [1.82, 2.24) is 9.97 Å². The normalized spacial score (nSPS) is 27.0. The molecule has 1 heterocycles. The minimum absolute atomic E-state index is 0.557. The van der Waals surface area contributed by atoms with Crippen LogP contribution in [0.1, 0.15) is 81.6 Å². The first kappa shape index (κ1) is 15.3. The summed E-state index contributed by atoms with van der Waals surface area (Å²) in [7, 11) is 1.96. The Bertz CT molecular complexity index is 489. The van der Waals surface area contributed by atoms with Crippen LogP contribution in [0.2, 0.25) is 0 Å². The molecule has 0 unspecified atom stereocenters. The number of aromatic nitrogens is 2. The third-order valence-corrected chi connectivity index (χ3v) is 6.04. The number of hydrogen-bond acceptors (Lipinski definition) is 3. The van der Waals surface area contributed by atoms with Crippen molar-refractivity contribution in [3.63, 3.8) is 0 Å². The molecule has 0 amide bonds. The molecular weight excluding hydrogens is 326 g/mol. The Balaban J connectivity index is 1.91. The summed E-state index contributed by atoms with van der Waals surface area (Å²) in [5.41, 5.74) is 1.25. The zero-order valence-electron chi connectivity index (χ0n) is 13.2. The lowest BCUT2D eigenvalue weighted by molar-refractivity contribution is 0.339. The van der Waals surface area contributed by atoms with Crippen molar-refractivity contribution in [3.8, 4) is 0 Å². The van der Waals surface area contributed by atoms with E-state index in [-0.39, 0.29) is 0 Å². The summed E-state index contributed by atoms with van der Waals surface area (Å²) in [6.45, 7) is 2.36. The Morgan fingerprint density at radius 1 is 0.952 bits per heavy atom. The first-order valence-electron chi connectivity index (χ1n) is 8.44. The van der Waals surface area contributed by atoms with Gasteiger partial charge < -0.3 is 5.32 Å². The standard InChI is InChI=1S/C17H26BrN3/c1-11-7-9-13(10-8-11)16-20-15(12-5-3-4-6-12)14(18)17(19-2)21-16/h11-13H,3-10H2,1-2H3,(H,19,20,21). The molecule has 4 heteroatoms. The van der Waals surface area contributed by atoms with Crippen molar-refractivity contribution in [3.05, 3.63) is 16.0 Å². The molecule has 1 N–H and O–H groups in total. The quantitative estimate of drug-likeness (QED) is 0.809. The molecule has 1 aromatic heterocycles. The van der Waals surface area contributed by atoms with E-state index in [1.807, 2.05) is 7.05 Å². The van der Waals surface area contributed by atoms with Crippen LogP contribution in [0.15, 0.2) is 4.47 Å². The summed E-state index contributed by atoms with van der Waals surface area (Å²) >= 11 is 3.73. The van der Waals surface area contributed by atoms with Crippen molar-refractivity contribution in [2.45, 2.75) is 70.1 Å². The predicted molar refractivity (Wildman–Crippen MR) is 90.9 cm³/mol.